The molecule has 1 aliphatic rings. The Morgan fingerprint density at radius 3 is 2.31 bits per heavy atom. The predicted molar refractivity (Wildman–Crippen MR) is 99.7 cm³/mol. The highest BCUT2D eigenvalue weighted by molar-refractivity contribution is 7.92. The van der Waals surface area contributed by atoms with E-state index in [1.54, 1.807) is 49.4 Å². The van der Waals surface area contributed by atoms with Crippen molar-refractivity contribution >= 4 is 27.4 Å². The molecule has 138 valence electrons. The number of carbonyl (C=O) groups excluding carboxylic acids is 1. The Morgan fingerprint density at radius 2 is 1.77 bits per heavy atom. The zero-order valence-electron chi connectivity index (χ0n) is 14.3. The molecular formula is C19H20ClNO4S. The van der Waals surface area contributed by atoms with Crippen molar-refractivity contribution in [2.75, 3.05) is 13.2 Å². The quantitative estimate of drug-likeness (QED) is 0.762. The maximum atomic E-state index is 13.2. The molecular weight excluding hydrogens is 374 g/mol. The number of esters is 1. The van der Waals surface area contributed by atoms with Gasteiger partial charge in [-0.15, -0.1) is 0 Å². The van der Waals surface area contributed by atoms with E-state index in [4.69, 9.17) is 22.1 Å². The van der Waals surface area contributed by atoms with Gasteiger partial charge in [0.15, 0.2) is 9.84 Å². The molecule has 0 saturated heterocycles. The minimum Gasteiger partial charge on any atom is -0.465 e. The van der Waals surface area contributed by atoms with Crippen LogP contribution in [0.1, 0.15) is 18.4 Å². The molecule has 1 aliphatic carbocycles. The van der Waals surface area contributed by atoms with Gasteiger partial charge in [-0.05, 0) is 36.8 Å². The van der Waals surface area contributed by atoms with Crippen molar-refractivity contribution in [3.63, 3.8) is 0 Å². The molecule has 5 nitrogen and oxygen atoms in total. The van der Waals surface area contributed by atoms with E-state index >= 15 is 0 Å². The van der Waals surface area contributed by atoms with Crippen molar-refractivity contribution in [2.24, 2.45) is 11.1 Å². The summed E-state index contributed by atoms with van der Waals surface area (Å²) >= 11 is 5.94. The van der Waals surface area contributed by atoms with Crippen molar-refractivity contribution < 1.29 is 17.9 Å². The molecule has 1 saturated carbocycles. The normalized spacial score (nSPS) is 24.9. The predicted octanol–water partition coefficient (Wildman–Crippen LogP) is 2.79. The largest absolute Gasteiger partial charge is 0.465 e. The molecule has 0 heterocycles. The van der Waals surface area contributed by atoms with Crippen LogP contribution in [0.3, 0.4) is 0 Å². The maximum absolute atomic E-state index is 13.2. The van der Waals surface area contributed by atoms with Crippen LogP contribution in [0.2, 0.25) is 5.02 Å². The van der Waals surface area contributed by atoms with Gasteiger partial charge in [-0.1, -0.05) is 41.9 Å². The maximum Gasteiger partial charge on any atom is 0.315 e. The molecule has 0 aromatic heterocycles. The molecule has 2 aromatic carbocycles. The lowest BCUT2D eigenvalue weighted by Gasteiger charge is -2.14. The van der Waals surface area contributed by atoms with E-state index in [-0.39, 0.29) is 18.0 Å². The first-order chi connectivity index (χ1) is 12.4. The van der Waals surface area contributed by atoms with Crippen molar-refractivity contribution in [3.8, 4) is 0 Å². The summed E-state index contributed by atoms with van der Waals surface area (Å²) in [5.41, 5.74) is 5.34. The SMILES string of the molecule is CCOC(=O)[C@@]1(CN)[C@H](c2ccc(Cl)cc2)[C@@H]1S(=O)(=O)c1ccccc1. The number of hydrogen-bond acceptors (Lipinski definition) is 5. The summed E-state index contributed by atoms with van der Waals surface area (Å²) in [5, 5.41) is -0.436. The van der Waals surface area contributed by atoms with Gasteiger partial charge < -0.3 is 10.5 Å². The Morgan fingerprint density at radius 1 is 1.15 bits per heavy atom. The summed E-state index contributed by atoms with van der Waals surface area (Å²) in [7, 11) is -3.77. The van der Waals surface area contributed by atoms with Crippen molar-refractivity contribution in [2.45, 2.75) is 23.0 Å². The van der Waals surface area contributed by atoms with Gasteiger partial charge in [0.2, 0.25) is 0 Å². The van der Waals surface area contributed by atoms with E-state index in [9.17, 15) is 13.2 Å². The molecule has 1 fully saturated rings. The number of hydrogen-bond donors (Lipinski definition) is 1. The molecule has 0 unspecified atom stereocenters. The zero-order valence-corrected chi connectivity index (χ0v) is 15.8. The average molecular weight is 394 g/mol. The average Bonchev–Trinajstić information content (AvgIpc) is 3.35. The van der Waals surface area contributed by atoms with Crippen LogP contribution < -0.4 is 5.73 Å². The van der Waals surface area contributed by atoms with Crippen LogP contribution in [0.15, 0.2) is 59.5 Å². The van der Waals surface area contributed by atoms with Gasteiger partial charge in [0.05, 0.1) is 16.8 Å². The van der Waals surface area contributed by atoms with Crippen LogP contribution in [0.4, 0.5) is 0 Å². The first-order valence-electron chi connectivity index (χ1n) is 8.31. The molecule has 0 bridgehead atoms. The number of sulfone groups is 1. The summed E-state index contributed by atoms with van der Waals surface area (Å²) in [6.45, 7) is 1.73. The minimum atomic E-state index is -3.77. The standard InChI is InChI=1S/C19H20ClNO4S/c1-2-25-18(22)19(12-21)16(13-8-10-14(20)11-9-13)17(19)26(23,24)15-6-4-3-5-7-15/h3-11,16-17H,2,12,21H2,1H3/t16-,17+,19+/m1/s1. The van der Waals surface area contributed by atoms with Gasteiger partial charge in [-0.2, -0.15) is 0 Å². The lowest BCUT2D eigenvalue weighted by Crippen LogP contribution is -2.33. The number of benzene rings is 2. The Kier molecular flexibility index (Phi) is 5.10. The van der Waals surface area contributed by atoms with E-state index < -0.39 is 32.4 Å². The molecule has 3 rings (SSSR count). The Balaban J connectivity index is 2.11. The van der Waals surface area contributed by atoms with Crippen LogP contribution in [0.5, 0.6) is 0 Å². The summed E-state index contributed by atoms with van der Waals surface area (Å²) in [6, 6.07) is 14.9. The highest BCUT2D eigenvalue weighted by Gasteiger charge is 2.75. The molecule has 0 radical (unpaired) electrons. The molecule has 0 amide bonds. The van der Waals surface area contributed by atoms with Gasteiger partial charge in [0.1, 0.15) is 5.41 Å². The Bertz CT molecular complexity index is 899. The Hall–Kier alpha value is -1.89. The summed E-state index contributed by atoms with van der Waals surface area (Å²) < 4.78 is 31.7. The lowest BCUT2D eigenvalue weighted by molar-refractivity contribution is -0.149. The molecule has 3 atom stereocenters. The minimum absolute atomic E-state index is 0.115. The van der Waals surface area contributed by atoms with Gasteiger partial charge in [-0.25, -0.2) is 8.42 Å². The Labute approximate surface area is 158 Å². The highest BCUT2D eigenvalue weighted by atomic mass is 35.5. The number of halogens is 1. The summed E-state index contributed by atoms with van der Waals surface area (Å²) in [4.78, 5) is 12.9. The van der Waals surface area contributed by atoms with E-state index in [1.165, 1.54) is 12.1 Å². The van der Waals surface area contributed by atoms with Crippen LogP contribution in [0.25, 0.3) is 0 Å². The second-order valence-corrected chi connectivity index (χ2v) is 8.78. The molecule has 26 heavy (non-hydrogen) atoms. The van der Waals surface area contributed by atoms with Gasteiger partial charge in [0, 0.05) is 17.5 Å². The number of carbonyl (C=O) groups is 1. The van der Waals surface area contributed by atoms with Gasteiger partial charge >= 0.3 is 5.97 Å². The second kappa shape index (κ2) is 7.02. The van der Waals surface area contributed by atoms with E-state index in [1.807, 2.05) is 0 Å². The number of nitrogens with two attached hydrogens (primary N) is 1. The van der Waals surface area contributed by atoms with E-state index in [0.29, 0.717) is 10.6 Å². The smallest absolute Gasteiger partial charge is 0.315 e. The van der Waals surface area contributed by atoms with Gasteiger partial charge in [-0.3, -0.25) is 4.79 Å². The molecule has 0 aliphatic heterocycles. The number of rotatable bonds is 6. The molecule has 2 aromatic rings. The third-order valence-electron chi connectivity index (χ3n) is 4.88. The van der Waals surface area contributed by atoms with Crippen LogP contribution in [-0.2, 0) is 19.4 Å². The lowest BCUT2D eigenvalue weighted by atomic mass is 9.99. The van der Waals surface area contributed by atoms with E-state index in [0.717, 1.165) is 0 Å². The van der Waals surface area contributed by atoms with Crippen molar-refractivity contribution in [3.05, 3.63) is 65.2 Å². The third kappa shape index (κ3) is 2.92. The van der Waals surface area contributed by atoms with Crippen LogP contribution >= 0.6 is 11.6 Å². The fourth-order valence-electron chi connectivity index (χ4n) is 3.59. The third-order valence-corrected chi connectivity index (χ3v) is 7.43. The summed E-state index contributed by atoms with van der Waals surface area (Å²) in [5.74, 6) is -1.15. The number of ether oxygens (including phenoxy) is 1. The highest BCUT2D eigenvalue weighted by Crippen LogP contribution is 2.64. The zero-order chi connectivity index (χ0) is 18.9. The topological polar surface area (TPSA) is 86.5 Å². The molecule has 7 heteroatoms. The monoisotopic (exact) mass is 393 g/mol. The van der Waals surface area contributed by atoms with Crippen molar-refractivity contribution in [1.82, 2.24) is 0 Å². The fraction of sp³-hybridized carbons (Fsp3) is 0.316. The van der Waals surface area contributed by atoms with Crippen LogP contribution in [0, 0.1) is 5.41 Å². The summed E-state index contributed by atoms with van der Waals surface area (Å²) in [6.07, 6.45) is 0. The second-order valence-electron chi connectivity index (χ2n) is 6.27. The van der Waals surface area contributed by atoms with E-state index in [2.05, 4.69) is 0 Å². The van der Waals surface area contributed by atoms with Crippen molar-refractivity contribution in [1.29, 1.82) is 0 Å². The van der Waals surface area contributed by atoms with Gasteiger partial charge in [0.25, 0.3) is 0 Å². The molecule has 0 spiro atoms. The first kappa shape index (κ1) is 18.9. The molecule has 2 N–H and O–H groups in total. The fourth-order valence-corrected chi connectivity index (χ4v) is 6.12. The van der Waals surface area contributed by atoms with Crippen LogP contribution in [-0.4, -0.2) is 32.8 Å². The first-order valence-corrected chi connectivity index (χ1v) is 10.2.